The fourth-order valence-corrected chi connectivity index (χ4v) is 4.94. The monoisotopic (exact) mass is 409 g/mol. The second-order valence-corrected chi connectivity index (χ2v) is 8.66. The number of carbonyl (C=O) groups is 1. The minimum absolute atomic E-state index is 0.0821. The van der Waals surface area contributed by atoms with E-state index in [-0.39, 0.29) is 11.8 Å². The molecule has 6 nitrogen and oxygen atoms in total. The molecule has 4 aliphatic rings. The number of carboxylic acids is 1. The Kier molecular flexibility index (Phi) is 4.10. The molecule has 1 aliphatic heterocycles. The van der Waals surface area contributed by atoms with Gasteiger partial charge in [0.2, 0.25) is 5.43 Å². The van der Waals surface area contributed by atoms with Crippen LogP contribution in [-0.2, 0) is 0 Å². The van der Waals surface area contributed by atoms with Crippen LogP contribution in [0.3, 0.4) is 0 Å². The summed E-state index contributed by atoms with van der Waals surface area (Å²) in [5.41, 5.74) is 3.77. The smallest absolute Gasteiger partial charge is 0.341 e. The molecular formula is C20H22F3N3O3. The molecule has 1 aromatic heterocycles. The average molecular weight is 409 g/mol. The van der Waals surface area contributed by atoms with Crippen molar-refractivity contribution in [2.24, 2.45) is 17.6 Å². The van der Waals surface area contributed by atoms with Gasteiger partial charge in [0.25, 0.3) is 0 Å². The lowest BCUT2D eigenvalue weighted by atomic mass is 9.97. The molecule has 2 heterocycles. The Morgan fingerprint density at radius 1 is 1.21 bits per heavy atom. The van der Waals surface area contributed by atoms with Crippen LogP contribution >= 0.6 is 0 Å². The number of aromatic carboxylic acids is 1. The number of likely N-dealkylation sites (tertiary alicyclic amines) is 1. The standard InChI is InChI=1S/C20H22F3N3O3/c21-11-5-12(11)26-7-10(20(28)29)19(27)13-16(24)14(22)18(15(23)17(13)26)25-4-3-9(6-25)8-1-2-8/h7-9,11-12,14,18H,1-6,24H2,(H,28,29)/t9-,11+,12-,14?,18?/m1/s1. The predicted molar refractivity (Wildman–Crippen MR) is 98.7 cm³/mol. The number of alkyl halides is 2. The number of pyridine rings is 1. The number of carboxylic acid groups (broad SMARTS) is 1. The number of hydrogen-bond acceptors (Lipinski definition) is 4. The molecule has 0 radical (unpaired) electrons. The lowest BCUT2D eigenvalue weighted by Crippen LogP contribution is -2.59. The van der Waals surface area contributed by atoms with Crippen LogP contribution in [0.4, 0.5) is 13.2 Å². The van der Waals surface area contributed by atoms with Crippen LogP contribution < -0.4 is 21.7 Å². The zero-order valence-electron chi connectivity index (χ0n) is 15.7. The van der Waals surface area contributed by atoms with Crippen LogP contribution in [0.15, 0.2) is 11.0 Å². The van der Waals surface area contributed by atoms with Crippen molar-refractivity contribution in [2.75, 3.05) is 13.1 Å². The van der Waals surface area contributed by atoms with E-state index in [1.54, 1.807) is 4.90 Å². The molecule has 5 atom stereocenters. The Hall–Kier alpha value is -2.29. The van der Waals surface area contributed by atoms with Gasteiger partial charge in [-0.15, -0.1) is 0 Å². The van der Waals surface area contributed by atoms with Gasteiger partial charge in [0, 0.05) is 19.2 Å². The number of nitrogens with zero attached hydrogens (tertiary/aromatic N) is 2. The third-order valence-electron chi connectivity index (χ3n) is 6.79. The number of hydrogen-bond donors (Lipinski definition) is 2. The van der Waals surface area contributed by atoms with Crippen LogP contribution in [0.1, 0.15) is 42.1 Å². The maximum absolute atomic E-state index is 15.7. The molecule has 2 saturated carbocycles. The molecule has 0 spiro atoms. The van der Waals surface area contributed by atoms with E-state index in [0.717, 1.165) is 30.0 Å². The minimum atomic E-state index is -1.97. The Balaban J connectivity index is 1.71. The van der Waals surface area contributed by atoms with Gasteiger partial charge in [0.1, 0.15) is 23.6 Å². The third-order valence-corrected chi connectivity index (χ3v) is 6.79. The molecular weight excluding hydrogens is 387 g/mol. The first kappa shape index (κ1) is 18.7. The van der Waals surface area contributed by atoms with Crippen molar-refractivity contribution in [3.63, 3.8) is 0 Å². The molecule has 9 heteroatoms. The lowest BCUT2D eigenvalue weighted by Gasteiger charge is -2.32. The second-order valence-electron chi connectivity index (χ2n) is 8.66. The maximum Gasteiger partial charge on any atom is 0.341 e. The predicted octanol–water partition coefficient (Wildman–Crippen LogP) is 0.426. The highest BCUT2D eigenvalue weighted by Gasteiger charge is 2.46. The second kappa shape index (κ2) is 6.35. The molecule has 3 aliphatic carbocycles. The summed E-state index contributed by atoms with van der Waals surface area (Å²) in [7, 11) is 0. The van der Waals surface area contributed by atoms with Gasteiger partial charge in [-0.3, -0.25) is 9.69 Å². The highest BCUT2D eigenvalue weighted by Crippen LogP contribution is 2.43. The average Bonchev–Trinajstić information content (AvgIpc) is 3.59. The Morgan fingerprint density at radius 2 is 1.90 bits per heavy atom. The van der Waals surface area contributed by atoms with E-state index in [2.05, 4.69) is 0 Å². The van der Waals surface area contributed by atoms with Gasteiger partial charge in [-0.2, -0.15) is 0 Å². The number of fused-ring (bicyclic) bond motifs is 1. The molecule has 156 valence electrons. The molecule has 5 rings (SSSR count). The Labute approximate surface area is 164 Å². The van der Waals surface area contributed by atoms with E-state index < -0.39 is 58.1 Å². The van der Waals surface area contributed by atoms with Gasteiger partial charge in [0.15, 0.2) is 6.17 Å². The summed E-state index contributed by atoms with van der Waals surface area (Å²) >= 11 is 0. The zero-order chi connectivity index (χ0) is 20.6. The van der Waals surface area contributed by atoms with Crippen molar-refractivity contribution in [3.8, 4) is 0 Å². The molecule has 1 saturated heterocycles. The van der Waals surface area contributed by atoms with E-state index >= 15 is 8.78 Å². The summed E-state index contributed by atoms with van der Waals surface area (Å²) in [5, 5.41) is 8.58. The zero-order valence-corrected chi connectivity index (χ0v) is 15.7. The molecule has 0 amide bonds. The summed E-state index contributed by atoms with van der Waals surface area (Å²) in [4.78, 5) is 25.9. The van der Waals surface area contributed by atoms with E-state index in [1.165, 1.54) is 0 Å². The Bertz CT molecular complexity index is 1080. The number of halogens is 3. The summed E-state index contributed by atoms with van der Waals surface area (Å²) in [6, 6.07) is -2.06. The molecule has 2 unspecified atom stereocenters. The van der Waals surface area contributed by atoms with E-state index in [0.29, 0.717) is 24.9 Å². The van der Waals surface area contributed by atoms with Gasteiger partial charge in [-0.05, 0) is 37.6 Å². The van der Waals surface area contributed by atoms with Crippen LogP contribution in [0.25, 0.3) is 11.5 Å². The van der Waals surface area contributed by atoms with E-state index in [4.69, 9.17) is 5.73 Å². The number of aromatic nitrogens is 1. The normalized spacial score (nSPS) is 34.4. The summed E-state index contributed by atoms with van der Waals surface area (Å²) in [6.45, 7) is 1.08. The molecule has 1 aromatic rings. The van der Waals surface area contributed by atoms with Gasteiger partial charge < -0.3 is 15.4 Å². The highest BCUT2D eigenvalue weighted by atomic mass is 19.1. The highest BCUT2D eigenvalue weighted by molar-refractivity contribution is 5.87. The molecule has 3 fully saturated rings. The van der Waals surface area contributed by atoms with E-state index in [1.807, 2.05) is 0 Å². The van der Waals surface area contributed by atoms with Crippen LogP contribution in [0.2, 0.25) is 0 Å². The van der Waals surface area contributed by atoms with Crippen LogP contribution in [-0.4, -0.2) is 52.0 Å². The first-order valence-electron chi connectivity index (χ1n) is 9.99. The summed E-state index contributed by atoms with van der Waals surface area (Å²) in [5.74, 6) is -1.41. The van der Waals surface area contributed by atoms with Crippen molar-refractivity contribution < 1.29 is 23.1 Å². The molecule has 0 aromatic carbocycles. The SMILES string of the molecule is NC1=c2c(=O)c(C(=O)O)cn([C@@H]3C[C@@H]3F)c2=C(F)C(N2CC[C@@H](C3CC3)C2)C1F. The summed E-state index contributed by atoms with van der Waals surface area (Å²) < 4.78 is 45.9. The fraction of sp³-hybridized carbons (Fsp3) is 0.600. The van der Waals surface area contributed by atoms with Gasteiger partial charge in [-0.25, -0.2) is 18.0 Å². The quantitative estimate of drug-likeness (QED) is 0.753. The van der Waals surface area contributed by atoms with Crippen molar-refractivity contribution >= 4 is 17.5 Å². The van der Waals surface area contributed by atoms with Gasteiger partial charge in [0.05, 0.1) is 22.3 Å². The third kappa shape index (κ3) is 2.81. The topological polar surface area (TPSA) is 88.6 Å². The van der Waals surface area contributed by atoms with Crippen molar-refractivity contribution in [3.05, 3.63) is 32.6 Å². The van der Waals surface area contributed by atoms with Crippen molar-refractivity contribution in [1.82, 2.24) is 9.47 Å². The number of nitrogens with two attached hydrogens (primary N) is 1. The molecule has 0 bridgehead atoms. The van der Waals surface area contributed by atoms with Gasteiger partial charge in [-0.1, -0.05) is 0 Å². The van der Waals surface area contributed by atoms with Gasteiger partial charge >= 0.3 is 5.97 Å². The molecule has 29 heavy (non-hydrogen) atoms. The van der Waals surface area contributed by atoms with Crippen LogP contribution in [0.5, 0.6) is 0 Å². The first-order valence-corrected chi connectivity index (χ1v) is 9.99. The largest absolute Gasteiger partial charge is 0.477 e. The minimum Gasteiger partial charge on any atom is -0.477 e. The lowest BCUT2D eigenvalue weighted by molar-refractivity contribution is 0.0694. The maximum atomic E-state index is 15.7. The van der Waals surface area contributed by atoms with Crippen LogP contribution in [0, 0.1) is 11.8 Å². The van der Waals surface area contributed by atoms with Crippen molar-refractivity contribution in [1.29, 1.82) is 0 Å². The first-order chi connectivity index (χ1) is 13.8. The fourth-order valence-electron chi connectivity index (χ4n) is 4.94. The summed E-state index contributed by atoms with van der Waals surface area (Å²) in [6.07, 6.45) is 0.946. The molecule has 3 N–H and O–H groups in total. The Morgan fingerprint density at radius 3 is 2.48 bits per heavy atom. The number of rotatable bonds is 4. The van der Waals surface area contributed by atoms with Crippen molar-refractivity contribution in [2.45, 2.75) is 50.1 Å². The van der Waals surface area contributed by atoms with E-state index in [9.17, 15) is 19.1 Å².